The molecule has 1 aliphatic heterocycles. The van der Waals surface area contributed by atoms with Gasteiger partial charge in [0.05, 0.1) is 6.61 Å². The van der Waals surface area contributed by atoms with E-state index in [1.807, 2.05) is 7.05 Å². The maximum atomic E-state index is 5.22. The molecule has 1 saturated heterocycles. The van der Waals surface area contributed by atoms with Crippen LogP contribution in [0.25, 0.3) is 0 Å². The lowest BCUT2D eigenvalue weighted by Crippen LogP contribution is -2.39. The maximum absolute atomic E-state index is 5.22. The molecule has 0 aliphatic carbocycles. The fraction of sp³-hybridized carbons (Fsp3) is 0.714. The van der Waals surface area contributed by atoms with Gasteiger partial charge >= 0.3 is 0 Å². The number of morpholine rings is 1. The molecule has 58 valence electrons. The lowest BCUT2D eigenvalue weighted by atomic mass is 10.3. The summed E-state index contributed by atoms with van der Waals surface area (Å²) in [4.78, 5) is 2.17. The molecule has 0 radical (unpaired) electrons. The largest absolute Gasteiger partial charge is 0.363 e. The molecule has 1 atom stereocenters. The van der Waals surface area contributed by atoms with Gasteiger partial charge in [-0.05, 0) is 7.05 Å². The second kappa shape index (κ2) is 4.56. The van der Waals surface area contributed by atoms with Gasteiger partial charge in [0.2, 0.25) is 0 Å². The Morgan fingerprint density at radius 2 is 2.40 bits per heavy atom. The van der Waals surface area contributed by atoms with Gasteiger partial charge in [-0.25, -0.2) is 0 Å². The van der Waals surface area contributed by atoms with E-state index in [-0.39, 0.29) is 18.5 Å². The molecular formula is C7H12ClNO. The molecule has 0 bridgehead atoms. The highest BCUT2D eigenvalue weighted by Crippen LogP contribution is 1.99. The average Bonchev–Trinajstić information content (AvgIpc) is 1.88. The first-order valence-electron chi connectivity index (χ1n) is 3.09. The molecule has 0 amide bonds. The first-order chi connectivity index (χ1) is 4.33. The molecule has 0 aromatic carbocycles. The van der Waals surface area contributed by atoms with Gasteiger partial charge in [0.1, 0.15) is 6.10 Å². The van der Waals surface area contributed by atoms with Crippen LogP contribution < -0.4 is 0 Å². The van der Waals surface area contributed by atoms with E-state index < -0.39 is 0 Å². The molecule has 1 unspecified atom stereocenters. The summed E-state index contributed by atoms with van der Waals surface area (Å²) in [5, 5.41) is 0. The Hall–Kier alpha value is -0.230. The summed E-state index contributed by atoms with van der Waals surface area (Å²) in [6.07, 6.45) is 5.18. The van der Waals surface area contributed by atoms with Gasteiger partial charge < -0.3 is 9.64 Å². The molecule has 1 heterocycles. The van der Waals surface area contributed by atoms with Gasteiger partial charge in [-0.15, -0.1) is 18.8 Å². The summed E-state index contributed by atoms with van der Waals surface area (Å²) >= 11 is 0. The van der Waals surface area contributed by atoms with E-state index in [1.54, 1.807) is 0 Å². The van der Waals surface area contributed by atoms with E-state index in [0.29, 0.717) is 0 Å². The lowest BCUT2D eigenvalue weighted by molar-refractivity contribution is 0.0122. The van der Waals surface area contributed by atoms with E-state index in [0.717, 1.165) is 19.7 Å². The number of ether oxygens (including phenoxy) is 1. The second-order valence-corrected chi connectivity index (χ2v) is 2.29. The Balaban J connectivity index is 0.000000810. The van der Waals surface area contributed by atoms with E-state index in [9.17, 15) is 0 Å². The van der Waals surface area contributed by atoms with Crippen LogP contribution in [0.5, 0.6) is 0 Å². The van der Waals surface area contributed by atoms with Crippen molar-refractivity contribution in [1.29, 1.82) is 0 Å². The Morgan fingerprint density at radius 1 is 1.70 bits per heavy atom. The number of hydrogen-bond donors (Lipinski definition) is 0. The van der Waals surface area contributed by atoms with Crippen LogP contribution in [-0.2, 0) is 4.74 Å². The van der Waals surface area contributed by atoms with E-state index >= 15 is 0 Å². The molecule has 1 rings (SSSR count). The third-order valence-corrected chi connectivity index (χ3v) is 1.46. The van der Waals surface area contributed by atoms with Crippen LogP contribution in [-0.4, -0.2) is 37.7 Å². The highest BCUT2D eigenvalue weighted by Gasteiger charge is 2.13. The fourth-order valence-electron chi connectivity index (χ4n) is 0.879. The zero-order chi connectivity index (χ0) is 6.69. The van der Waals surface area contributed by atoms with Crippen molar-refractivity contribution >= 4 is 12.4 Å². The smallest absolute Gasteiger partial charge is 0.130 e. The third kappa shape index (κ3) is 2.57. The monoisotopic (exact) mass is 161 g/mol. The molecular weight excluding hydrogens is 150 g/mol. The number of halogens is 1. The Labute approximate surface area is 67.9 Å². The van der Waals surface area contributed by atoms with Crippen LogP contribution in [0, 0.1) is 12.3 Å². The predicted octanol–water partition coefficient (Wildman–Crippen LogP) is 0.372. The van der Waals surface area contributed by atoms with Crippen LogP contribution in [0.2, 0.25) is 0 Å². The quantitative estimate of drug-likeness (QED) is 0.476. The van der Waals surface area contributed by atoms with Gasteiger partial charge in [0.25, 0.3) is 0 Å². The van der Waals surface area contributed by atoms with Crippen LogP contribution in [0.4, 0.5) is 0 Å². The van der Waals surface area contributed by atoms with Crippen LogP contribution in [0.1, 0.15) is 0 Å². The van der Waals surface area contributed by atoms with Crippen molar-refractivity contribution in [2.75, 3.05) is 26.7 Å². The van der Waals surface area contributed by atoms with Crippen molar-refractivity contribution in [1.82, 2.24) is 4.90 Å². The van der Waals surface area contributed by atoms with E-state index in [4.69, 9.17) is 11.2 Å². The zero-order valence-electron chi connectivity index (χ0n) is 6.04. The van der Waals surface area contributed by atoms with Crippen molar-refractivity contribution in [3.63, 3.8) is 0 Å². The Kier molecular flexibility index (Phi) is 4.46. The Morgan fingerprint density at radius 3 is 2.80 bits per heavy atom. The first kappa shape index (κ1) is 9.77. The van der Waals surface area contributed by atoms with Crippen LogP contribution >= 0.6 is 12.4 Å². The van der Waals surface area contributed by atoms with Crippen molar-refractivity contribution < 1.29 is 4.74 Å². The predicted molar refractivity (Wildman–Crippen MR) is 43.3 cm³/mol. The highest BCUT2D eigenvalue weighted by atomic mass is 35.5. The van der Waals surface area contributed by atoms with Crippen molar-refractivity contribution in [2.45, 2.75) is 6.10 Å². The van der Waals surface area contributed by atoms with Gasteiger partial charge in [-0.2, -0.15) is 0 Å². The van der Waals surface area contributed by atoms with Crippen LogP contribution in [0.15, 0.2) is 0 Å². The standard InChI is InChI=1S/C7H11NO.ClH/c1-3-7-6-8(2)4-5-9-7;/h1,7H,4-6H2,2H3;1H. The Bertz CT molecular complexity index is 132. The summed E-state index contributed by atoms with van der Waals surface area (Å²) in [7, 11) is 2.05. The molecule has 0 saturated carbocycles. The zero-order valence-corrected chi connectivity index (χ0v) is 6.86. The average molecular weight is 162 g/mol. The van der Waals surface area contributed by atoms with Crippen molar-refractivity contribution in [3.8, 4) is 12.3 Å². The topological polar surface area (TPSA) is 12.5 Å². The fourth-order valence-corrected chi connectivity index (χ4v) is 0.879. The summed E-state index contributed by atoms with van der Waals surface area (Å²) in [5.41, 5.74) is 0. The number of hydrogen-bond acceptors (Lipinski definition) is 2. The molecule has 0 N–H and O–H groups in total. The molecule has 0 aromatic heterocycles. The van der Waals surface area contributed by atoms with Crippen molar-refractivity contribution in [3.05, 3.63) is 0 Å². The number of rotatable bonds is 0. The van der Waals surface area contributed by atoms with Crippen molar-refractivity contribution in [2.24, 2.45) is 0 Å². The molecule has 10 heavy (non-hydrogen) atoms. The summed E-state index contributed by atoms with van der Waals surface area (Å²) in [6, 6.07) is 0. The molecule has 0 spiro atoms. The molecule has 0 aromatic rings. The maximum Gasteiger partial charge on any atom is 0.130 e. The summed E-state index contributed by atoms with van der Waals surface area (Å²) < 4.78 is 5.22. The number of likely N-dealkylation sites (N-methyl/N-ethyl adjacent to an activating group) is 1. The van der Waals surface area contributed by atoms with Gasteiger partial charge in [0.15, 0.2) is 0 Å². The number of terminal acetylenes is 1. The minimum absolute atomic E-state index is 0. The summed E-state index contributed by atoms with van der Waals surface area (Å²) in [5.74, 6) is 2.57. The SMILES string of the molecule is C#CC1CN(C)CCO1.Cl. The third-order valence-electron chi connectivity index (χ3n) is 1.46. The molecule has 1 fully saturated rings. The minimum atomic E-state index is 0. The van der Waals surface area contributed by atoms with Gasteiger partial charge in [0, 0.05) is 13.1 Å². The van der Waals surface area contributed by atoms with E-state index in [2.05, 4.69) is 10.8 Å². The van der Waals surface area contributed by atoms with Crippen LogP contribution in [0.3, 0.4) is 0 Å². The normalized spacial score (nSPS) is 26.6. The van der Waals surface area contributed by atoms with Gasteiger partial charge in [-0.1, -0.05) is 5.92 Å². The molecule has 1 aliphatic rings. The summed E-state index contributed by atoms with van der Waals surface area (Å²) in [6.45, 7) is 2.64. The van der Waals surface area contributed by atoms with E-state index in [1.165, 1.54) is 0 Å². The lowest BCUT2D eigenvalue weighted by Gasteiger charge is -2.26. The second-order valence-electron chi connectivity index (χ2n) is 2.29. The molecule has 2 nitrogen and oxygen atoms in total. The number of nitrogens with zero attached hydrogens (tertiary/aromatic N) is 1. The molecule has 3 heteroatoms. The highest BCUT2D eigenvalue weighted by molar-refractivity contribution is 5.85. The minimum Gasteiger partial charge on any atom is -0.363 e. The van der Waals surface area contributed by atoms with Gasteiger partial charge in [-0.3, -0.25) is 0 Å². The first-order valence-corrected chi connectivity index (χ1v) is 3.09.